The summed E-state index contributed by atoms with van der Waals surface area (Å²) in [7, 11) is 0. The van der Waals surface area contributed by atoms with Crippen molar-refractivity contribution in [3.8, 4) is 11.5 Å². The van der Waals surface area contributed by atoms with Crippen molar-refractivity contribution in [2.75, 3.05) is 0 Å². The lowest BCUT2D eigenvalue weighted by Crippen LogP contribution is -2.09. The normalized spacial score (nSPS) is 10.1. The predicted octanol–water partition coefficient (Wildman–Crippen LogP) is 2.07. The van der Waals surface area contributed by atoms with E-state index in [-0.39, 0.29) is 18.0 Å². The fraction of sp³-hybridized carbons (Fsp3) is 0.385. The molecular weight excluding hydrogens is 220 g/mol. The van der Waals surface area contributed by atoms with Gasteiger partial charge in [-0.05, 0) is 38.0 Å². The van der Waals surface area contributed by atoms with E-state index >= 15 is 0 Å². The smallest absolute Gasteiger partial charge is 0.308 e. The van der Waals surface area contributed by atoms with Gasteiger partial charge in [0, 0.05) is 18.9 Å². The summed E-state index contributed by atoms with van der Waals surface area (Å²) in [6, 6.07) is 1.53. The van der Waals surface area contributed by atoms with Crippen LogP contribution in [0.15, 0.2) is 6.07 Å². The second-order valence-electron chi connectivity index (χ2n) is 4.12. The van der Waals surface area contributed by atoms with Crippen LogP contribution in [0.2, 0.25) is 0 Å². The van der Waals surface area contributed by atoms with Crippen molar-refractivity contribution in [1.29, 1.82) is 0 Å². The summed E-state index contributed by atoms with van der Waals surface area (Å²) in [5.74, 6) is -0.00727. The number of carbonyl (C=O) groups is 2. The molecule has 0 radical (unpaired) electrons. The van der Waals surface area contributed by atoms with Gasteiger partial charge in [-0.2, -0.15) is 0 Å². The van der Waals surface area contributed by atoms with Crippen LogP contribution in [0.5, 0.6) is 11.5 Å². The minimum atomic E-state index is -0.442. The number of aryl methyl sites for hydroxylation is 1. The molecule has 0 atom stereocenters. The van der Waals surface area contributed by atoms with Crippen LogP contribution in [-0.4, -0.2) is 16.9 Å². The van der Waals surface area contributed by atoms with Gasteiger partial charge in [0.2, 0.25) is 0 Å². The quantitative estimate of drug-likeness (QED) is 0.644. The summed E-state index contributed by atoms with van der Waals surface area (Å²) in [4.78, 5) is 22.2. The molecule has 92 valence electrons. The fourth-order valence-electron chi connectivity index (χ4n) is 1.69. The summed E-state index contributed by atoms with van der Waals surface area (Å²) in [6.45, 7) is 6.18. The van der Waals surface area contributed by atoms with Gasteiger partial charge in [-0.1, -0.05) is 0 Å². The monoisotopic (exact) mass is 236 g/mol. The Bertz CT molecular complexity index is 475. The van der Waals surface area contributed by atoms with Gasteiger partial charge < -0.3 is 9.84 Å². The second kappa shape index (κ2) is 4.99. The third-order valence-corrected chi connectivity index (χ3v) is 2.49. The lowest BCUT2D eigenvalue weighted by molar-refractivity contribution is -0.132. The van der Waals surface area contributed by atoms with Crippen molar-refractivity contribution in [3.63, 3.8) is 0 Å². The van der Waals surface area contributed by atoms with E-state index < -0.39 is 5.97 Å². The van der Waals surface area contributed by atoms with Crippen LogP contribution in [0.3, 0.4) is 0 Å². The van der Waals surface area contributed by atoms with Crippen molar-refractivity contribution in [2.24, 2.45) is 0 Å². The molecule has 0 bridgehead atoms. The van der Waals surface area contributed by atoms with E-state index in [1.54, 1.807) is 13.8 Å². The largest absolute Gasteiger partial charge is 0.508 e. The van der Waals surface area contributed by atoms with Crippen LogP contribution in [0.4, 0.5) is 0 Å². The highest BCUT2D eigenvalue weighted by atomic mass is 16.5. The maximum Gasteiger partial charge on any atom is 0.308 e. The average Bonchev–Trinajstić information content (AvgIpc) is 2.19. The Morgan fingerprint density at radius 1 is 1.29 bits per heavy atom. The maximum atomic E-state index is 11.2. The van der Waals surface area contributed by atoms with Crippen LogP contribution < -0.4 is 4.74 Å². The molecule has 1 rings (SSSR count). The fourth-order valence-corrected chi connectivity index (χ4v) is 1.69. The molecule has 0 unspecified atom stereocenters. The molecule has 0 amide bonds. The first kappa shape index (κ1) is 13.2. The van der Waals surface area contributed by atoms with Gasteiger partial charge in [0.25, 0.3) is 0 Å². The molecule has 17 heavy (non-hydrogen) atoms. The number of esters is 1. The standard InChI is InChI=1S/C13H16O4/c1-7-5-12(16)9(3)11(6-8(2)14)13(7)17-10(4)15/h5,16H,6H2,1-4H3. The SMILES string of the molecule is CC(=O)Cc1c(C)c(O)cc(C)c1OC(C)=O. The number of aromatic hydroxyl groups is 1. The number of hydrogen-bond donors (Lipinski definition) is 1. The number of Topliss-reactive ketones (excluding diaryl/α,β-unsaturated/α-hetero) is 1. The molecule has 0 aliphatic carbocycles. The summed E-state index contributed by atoms with van der Waals surface area (Å²) >= 11 is 0. The Labute approximate surface area is 100 Å². The predicted molar refractivity (Wildman–Crippen MR) is 63.3 cm³/mol. The number of hydrogen-bond acceptors (Lipinski definition) is 4. The summed E-state index contributed by atoms with van der Waals surface area (Å²) < 4.78 is 5.11. The molecule has 0 aromatic heterocycles. The molecule has 0 saturated heterocycles. The summed E-state index contributed by atoms with van der Waals surface area (Å²) in [5.41, 5.74) is 1.78. The van der Waals surface area contributed by atoms with Gasteiger partial charge in [-0.3, -0.25) is 9.59 Å². The number of phenols is 1. The van der Waals surface area contributed by atoms with Crippen molar-refractivity contribution < 1.29 is 19.4 Å². The topological polar surface area (TPSA) is 63.6 Å². The second-order valence-corrected chi connectivity index (χ2v) is 4.12. The third-order valence-electron chi connectivity index (χ3n) is 2.49. The van der Waals surface area contributed by atoms with Gasteiger partial charge in [-0.25, -0.2) is 0 Å². The van der Waals surface area contributed by atoms with Gasteiger partial charge in [0.1, 0.15) is 17.3 Å². The van der Waals surface area contributed by atoms with Crippen molar-refractivity contribution in [3.05, 3.63) is 22.8 Å². The van der Waals surface area contributed by atoms with Gasteiger partial charge in [0.15, 0.2) is 0 Å². The first-order valence-corrected chi connectivity index (χ1v) is 5.32. The molecule has 1 aromatic rings. The van der Waals surface area contributed by atoms with Crippen molar-refractivity contribution >= 4 is 11.8 Å². The molecule has 1 aromatic carbocycles. The molecule has 0 heterocycles. The minimum Gasteiger partial charge on any atom is -0.508 e. The molecule has 0 aliphatic heterocycles. The highest BCUT2D eigenvalue weighted by Crippen LogP contribution is 2.33. The van der Waals surface area contributed by atoms with Gasteiger partial charge in [0.05, 0.1) is 0 Å². The Morgan fingerprint density at radius 3 is 2.35 bits per heavy atom. The Kier molecular flexibility index (Phi) is 3.89. The van der Waals surface area contributed by atoms with E-state index in [4.69, 9.17) is 4.74 Å². The number of carbonyl (C=O) groups excluding carboxylic acids is 2. The highest BCUT2D eigenvalue weighted by molar-refractivity contribution is 5.81. The van der Waals surface area contributed by atoms with E-state index in [0.717, 1.165) is 0 Å². The van der Waals surface area contributed by atoms with E-state index in [0.29, 0.717) is 22.4 Å². The van der Waals surface area contributed by atoms with Crippen LogP contribution >= 0.6 is 0 Å². The van der Waals surface area contributed by atoms with Crippen LogP contribution in [-0.2, 0) is 16.0 Å². The first-order valence-electron chi connectivity index (χ1n) is 5.32. The average molecular weight is 236 g/mol. The summed E-state index contributed by atoms with van der Waals surface area (Å²) in [5, 5.41) is 9.70. The molecule has 0 spiro atoms. The number of benzene rings is 1. The molecule has 0 fully saturated rings. The zero-order valence-electron chi connectivity index (χ0n) is 10.5. The zero-order chi connectivity index (χ0) is 13.2. The lowest BCUT2D eigenvalue weighted by atomic mass is 9.98. The number of phenolic OH excluding ortho intramolecular Hbond substituents is 1. The van der Waals surface area contributed by atoms with Crippen molar-refractivity contribution in [2.45, 2.75) is 34.1 Å². The van der Waals surface area contributed by atoms with E-state index in [2.05, 4.69) is 0 Å². The van der Waals surface area contributed by atoms with Gasteiger partial charge in [-0.15, -0.1) is 0 Å². The van der Waals surface area contributed by atoms with E-state index in [1.165, 1.54) is 19.9 Å². The Balaban J connectivity index is 3.38. The lowest BCUT2D eigenvalue weighted by Gasteiger charge is -2.15. The molecular formula is C13H16O4. The van der Waals surface area contributed by atoms with Crippen molar-refractivity contribution in [1.82, 2.24) is 0 Å². The van der Waals surface area contributed by atoms with Gasteiger partial charge >= 0.3 is 5.97 Å². The maximum absolute atomic E-state index is 11.2. The molecule has 0 aliphatic rings. The third kappa shape index (κ3) is 3.06. The van der Waals surface area contributed by atoms with E-state index in [1.807, 2.05) is 0 Å². The van der Waals surface area contributed by atoms with Crippen LogP contribution in [0, 0.1) is 13.8 Å². The van der Waals surface area contributed by atoms with Crippen LogP contribution in [0.1, 0.15) is 30.5 Å². The highest BCUT2D eigenvalue weighted by Gasteiger charge is 2.17. The molecule has 1 N–H and O–H groups in total. The Hall–Kier alpha value is -1.84. The molecule has 4 heteroatoms. The minimum absolute atomic E-state index is 0.0495. The number of rotatable bonds is 3. The summed E-state index contributed by atoms with van der Waals surface area (Å²) in [6.07, 6.45) is 0.143. The number of ketones is 1. The first-order chi connectivity index (χ1) is 7.82. The molecule has 0 saturated carbocycles. The Morgan fingerprint density at radius 2 is 1.88 bits per heavy atom. The number of ether oxygens (including phenoxy) is 1. The van der Waals surface area contributed by atoms with Crippen LogP contribution in [0.25, 0.3) is 0 Å². The van der Waals surface area contributed by atoms with E-state index in [9.17, 15) is 14.7 Å². The molecule has 4 nitrogen and oxygen atoms in total. The zero-order valence-corrected chi connectivity index (χ0v) is 10.5.